The number of ether oxygens (including phenoxy) is 3. The zero-order chi connectivity index (χ0) is 15.1. The maximum atomic E-state index is 7.02. The summed E-state index contributed by atoms with van der Waals surface area (Å²) in [5.74, 6) is 10.5. The second-order valence-corrected chi connectivity index (χ2v) is 10.9. The van der Waals surface area contributed by atoms with Gasteiger partial charge < -0.3 is 14.2 Å². The first kappa shape index (κ1) is 12.3. The van der Waals surface area contributed by atoms with E-state index in [0.717, 1.165) is 65.1 Å². The van der Waals surface area contributed by atoms with Crippen LogP contribution in [-0.4, -0.2) is 31.7 Å². The van der Waals surface area contributed by atoms with E-state index < -0.39 is 0 Å². The third kappa shape index (κ3) is 0.820. The second kappa shape index (κ2) is 3.27. The highest BCUT2D eigenvalue weighted by molar-refractivity contribution is 5.38. The fourth-order valence-electron chi connectivity index (χ4n) is 12.2. The van der Waals surface area contributed by atoms with Gasteiger partial charge >= 0.3 is 0 Å². The summed E-state index contributed by atoms with van der Waals surface area (Å²) in [4.78, 5) is 0. The van der Waals surface area contributed by atoms with Crippen molar-refractivity contribution >= 4 is 0 Å². The minimum atomic E-state index is 0.0330. The molecule has 8 saturated carbocycles. The summed E-state index contributed by atoms with van der Waals surface area (Å²) in [6.07, 6.45) is 7.15. The molecule has 0 radical (unpaired) electrons. The van der Waals surface area contributed by atoms with Gasteiger partial charge in [0.2, 0.25) is 0 Å². The van der Waals surface area contributed by atoms with Crippen LogP contribution in [0.3, 0.4) is 0 Å². The van der Waals surface area contributed by atoms with Crippen LogP contribution in [0.4, 0.5) is 0 Å². The van der Waals surface area contributed by atoms with Crippen LogP contribution < -0.4 is 0 Å². The minimum absolute atomic E-state index is 0.0330. The SMILES string of the molecule is CO[C@@H]1O[C@@H]2CC[C@@H]3[C@@H]4[C@H]5[C@H]6[C@H]7[C@H]4[C@@H]4O[C@H]8CC[C@H]([C@H]78)[C@@H]6[C@@]14[C@@H]5[C@H]32. The van der Waals surface area contributed by atoms with Crippen molar-refractivity contribution in [3.63, 3.8) is 0 Å². The first-order chi connectivity index (χ1) is 11.9. The quantitative estimate of drug-likeness (QED) is 0.741. The Hall–Kier alpha value is -0.120. The predicted molar refractivity (Wildman–Crippen MR) is 83.6 cm³/mol. The van der Waals surface area contributed by atoms with Crippen LogP contribution in [0.2, 0.25) is 0 Å². The molecule has 0 aromatic heterocycles. The van der Waals surface area contributed by atoms with Gasteiger partial charge in [-0.05, 0) is 90.8 Å². The molecule has 10 aliphatic rings. The maximum absolute atomic E-state index is 7.02. The number of hydrogen-bond acceptors (Lipinski definition) is 3. The smallest absolute Gasteiger partial charge is 0.166 e. The topological polar surface area (TPSA) is 27.7 Å². The van der Waals surface area contributed by atoms with E-state index in [1.54, 1.807) is 0 Å². The molecular weight excluding hydrogens is 300 g/mol. The van der Waals surface area contributed by atoms with Crippen LogP contribution in [0, 0.1) is 70.5 Å². The molecule has 0 aromatic rings. The van der Waals surface area contributed by atoms with Gasteiger partial charge in [0, 0.05) is 7.11 Å². The van der Waals surface area contributed by atoms with Gasteiger partial charge in [-0.3, -0.25) is 0 Å². The van der Waals surface area contributed by atoms with Crippen molar-refractivity contribution in [1.29, 1.82) is 0 Å². The van der Waals surface area contributed by atoms with Gasteiger partial charge in [0.15, 0.2) is 6.29 Å². The Morgan fingerprint density at radius 1 is 0.708 bits per heavy atom. The Kier molecular flexibility index (Phi) is 1.68. The van der Waals surface area contributed by atoms with Crippen molar-refractivity contribution < 1.29 is 14.2 Å². The van der Waals surface area contributed by atoms with E-state index in [-0.39, 0.29) is 11.7 Å². The highest BCUT2D eigenvalue weighted by Gasteiger charge is 2.92. The molecule has 10 rings (SSSR count). The zero-order valence-electron chi connectivity index (χ0n) is 14.2. The lowest BCUT2D eigenvalue weighted by molar-refractivity contribution is -0.336. The molecule has 128 valence electrons. The summed E-state index contributed by atoms with van der Waals surface area (Å²) in [5, 5.41) is 0. The standard InChI is InChI=1S/C21H26O3/c1-22-20-21-17-7-3-5-8-10(7)13-15(17)14-12(16(13)19(21)23-8)6-2-4-9(24-20)11(6)18(14)21/h6-20H,2-5H2,1H3/t6-,7+,8-,9+,10-,11+,12+,13-,14-,15+,16-,17-,18+,19-,20+,21-/m0/s1. The van der Waals surface area contributed by atoms with E-state index in [0.29, 0.717) is 18.3 Å². The van der Waals surface area contributed by atoms with Gasteiger partial charge in [-0.15, -0.1) is 0 Å². The molecule has 2 heterocycles. The third-order valence-corrected chi connectivity index (χ3v) is 11.5. The summed E-state index contributed by atoms with van der Waals surface area (Å²) in [7, 11) is 1.92. The molecule has 16 atom stereocenters. The second-order valence-electron chi connectivity index (χ2n) is 10.9. The van der Waals surface area contributed by atoms with Crippen LogP contribution >= 0.6 is 0 Å². The number of hydrogen-bond donors (Lipinski definition) is 0. The van der Waals surface area contributed by atoms with Crippen LogP contribution in [0.5, 0.6) is 0 Å². The molecule has 3 heteroatoms. The van der Waals surface area contributed by atoms with Gasteiger partial charge in [-0.1, -0.05) is 0 Å². The summed E-state index contributed by atoms with van der Waals surface area (Å²) < 4.78 is 20.0. The van der Waals surface area contributed by atoms with E-state index in [1.165, 1.54) is 25.7 Å². The average molecular weight is 326 g/mol. The van der Waals surface area contributed by atoms with E-state index in [4.69, 9.17) is 14.2 Å². The molecule has 0 N–H and O–H groups in total. The lowest BCUT2D eigenvalue weighted by atomic mass is 9.53. The first-order valence-electron chi connectivity index (χ1n) is 10.7. The van der Waals surface area contributed by atoms with Gasteiger partial charge in [0.1, 0.15) is 0 Å². The zero-order valence-corrected chi connectivity index (χ0v) is 14.2. The Morgan fingerprint density at radius 3 is 2.38 bits per heavy atom. The van der Waals surface area contributed by atoms with Crippen molar-refractivity contribution in [3.05, 3.63) is 0 Å². The molecule has 10 fully saturated rings. The highest BCUT2D eigenvalue weighted by atomic mass is 16.7. The maximum Gasteiger partial charge on any atom is 0.166 e. The Bertz CT molecular complexity index is 693. The van der Waals surface area contributed by atoms with E-state index in [9.17, 15) is 0 Å². The van der Waals surface area contributed by atoms with Crippen LogP contribution in [-0.2, 0) is 14.2 Å². The Balaban J connectivity index is 1.41. The molecule has 8 aliphatic carbocycles. The van der Waals surface area contributed by atoms with Crippen molar-refractivity contribution in [2.45, 2.75) is 50.3 Å². The van der Waals surface area contributed by atoms with Crippen molar-refractivity contribution in [3.8, 4) is 0 Å². The Morgan fingerprint density at radius 2 is 1.50 bits per heavy atom. The molecule has 24 heavy (non-hydrogen) atoms. The summed E-state index contributed by atoms with van der Waals surface area (Å²) in [5.41, 5.74) is 0.247. The van der Waals surface area contributed by atoms with E-state index >= 15 is 0 Å². The van der Waals surface area contributed by atoms with E-state index in [2.05, 4.69) is 0 Å². The molecule has 2 saturated heterocycles. The van der Waals surface area contributed by atoms with Crippen molar-refractivity contribution in [1.82, 2.24) is 0 Å². The number of methoxy groups -OCH3 is 1. The summed E-state index contributed by atoms with van der Waals surface area (Å²) >= 11 is 0. The summed E-state index contributed by atoms with van der Waals surface area (Å²) in [6.45, 7) is 0. The predicted octanol–water partition coefficient (Wildman–Crippen LogP) is 2.55. The fourth-order valence-corrected chi connectivity index (χ4v) is 12.2. The summed E-state index contributed by atoms with van der Waals surface area (Å²) in [6, 6.07) is 0. The highest BCUT2D eigenvalue weighted by Crippen LogP contribution is 2.91. The van der Waals surface area contributed by atoms with Crippen molar-refractivity contribution in [2.75, 3.05) is 7.11 Å². The molecule has 1 spiro atoms. The molecule has 0 aromatic carbocycles. The fraction of sp³-hybridized carbons (Fsp3) is 1.00. The third-order valence-electron chi connectivity index (χ3n) is 11.5. The molecule has 9 bridgehead atoms. The van der Waals surface area contributed by atoms with Gasteiger partial charge in [-0.2, -0.15) is 0 Å². The van der Waals surface area contributed by atoms with Gasteiger partial charge in [-0.25, -0.2) is 0 Å². The van der Waals surface area contributed by atoms with Gasteiger partial charge in [0.25, 0.3) is 0 Å². The molecule has 0 unspecified atom stereocenters. The number of rotatable bonds is 1. The average Bonchev–Trinajstić information content (AvgIpc) is 3.33. The van der Waals surface area contributed by atoms with Crippen LogP contribution in [0.15, 0.2) is 0 Å². The normalized spacial score (nSPS) is 82.1. The Labute approximate surface area is 142 Å². The van der Waals surface area contributed by atoms with E-state index in [1.807, 2.05) is 7.11 Å². The first-order valence-corrected chi connectivity index (χ1v) is 10.7. The monoisotopic (exact) mass is 326 g/mol. The molecule has 3 nitrogen and oxygen atoms in total. The van der Waals surface area contributed by atoms with Gasteiger partial charge in [0.05, 0.1) is 23.7 Å². The lowest BCUT2D eigenvalue weighted by Gasteiger charge is -2.60. The van der Waals surface area contributed by atoms with Crippen LogP contribution in [0.1, 0.15) is 25.7 Å². The lowest BCUT2D eigenvalue weighted by Crippen LogP contribution is -2.66. The van der Waals surface area contributed by atoms with Crippen LogP contribution in [0.25, 0.3) is 0 Å². The minimum Gasteiger partial charge on any atom is -0.374 e. The molecule has 0 amide bonds. The van der Waals surface area contributed by atoms with Crippen molar-refractivity contribution in [2.24, 2.45) is 70.5 Å². The largest absolute Gasteiger partial charge is 0.374 e. The molecular formula is C21H26O3. The molecule has 2 aliphatic heterocycles.